The van der Waals surface area contributed by atoms with E-state index < -0.39 is 0 Å². The van der Waals surface area contributed by atoms with Crippen LogP contribution in [0, 0.1) is 12.1 Å². The summed E-state index contributed by atoms with van der Waals surface area (Å²) in [5.74, 6) is 0.408. The van der Waals surface area contributed by atoms with Crippen LogP contribution in [0.15, 0.2) is 12.3 Å². The second-order valence-corrected chi connectivity index (χ2v) is 2.26. The molecule has 0 aromatic carbocycles. The molecule has 0 spiro atoms. The molecule has 11 heavy (non-hydrogen) atoms. The van der Waals surface area contributed by atoms with Crippen molar-refractivity contribution < 1.29 is 9.47 Å². The van der Waals surface area contributed by atoms with Crippen molar-refractivity contribution in [2.24, 2.45) is 0 Å². The third-order valence-corrected chi connectivity index (χ3v) is 1.45. The van der Waals surface area contributed by atoms with E-state index in [9.17, 15) is 5.21 Å². The average molecular weight is 154 g/mol. The summed E-state index contributed by atoms with van der Waals surface area (Å²) in [5.41, 5.74) is 6.57. The van der Waals surface area contributed by atoms with Gasteiger partial charge in [-0.15, -0.1) is 0 Å². The molecule has 0 radical (unpaired) electrons. The highest BCUT2D eigenvalue weighted by molar-refractivity contribution is 5.49. The molecule has 1 heterocycles. The van der Waals surface area contributed by atoms with Crippen LogP contribution in [0.3, 0.4) is 0 Å². The summed E-state index contributed by atoms with van der Waals surface area (Å²) in [6.07, 6.45) is 1.31. The Morgan fingerprint density at radius 1 is 1.64 bits per heavy atom. The van der Waals surface area contributed by atoms with E-state index in [1.54, 1.807) is 13.0 Å². The Hall–Kier alpha value is -1.45. The van der Waals surface area contributed by atoms with E-state index >= 15 is 0 Å². The Bertz CT molecular complexity index is 273. The number of methoxy groups -OCH3 is 1. The fraction of sp³-hybridized carbons (Fsp3) is 0.286. The molecule has 1 aromatic rings. The molecule has 0 fully saturated rings. The maximum atomic E-state index is 10.9. The van der Waals surface area contributed by atoms with E-state index in [1.807, 2.05) is 0 Å². The average Bonchev–Trinajstić information content (AvgIpc) is 1.97. The number of aromatic nitrogens is 1. The minimum Gasteiger partial charge on any atom is -0.618 e. The van der Waals surface area contributed by atoms with Crippen LogP contribution in [0.2, 0.25) is 0 Å². The summed E-state index contributed by atoms with van der Waals surface area (Å²) in [5, 5.41) is 10.9. The molecule has 1 rings (SSSR count). The second-order valence-electron chi connectivity index (χ2n) is 2.26. The maximum absolute atomic E-state index is 10.9. The summed E-state index contributed by atoms with van der Waals surface area (Å²) < 4.78 is 5.55. The number of hydrogen-bond acceptors (Lipinski definition) is 3. The lowest BCUT2D eigenvalue weighted by atomic mass is 10.3. The van der Waals surface area contributed by atoms with E-state index in [-0.39, 0.29) is 0 Å². The van der Waals surface area contributed by atoms with Crippen molar-refractivity contribution in [3.8, 4) is 5.75 Å². The Morgan fingerprint density at radius 3 is 2.82 bits per heavy atom. The first-order valence-corrected chi connectivity index (χ1v) is 3.18. The van der Waals surface area contributed by atoms with Gasteiger partial charge in [0.2, 0.25) is 11.9 Å². The van der Waals surface area contributed by atoms with E-state index in [0.29, 0.717) is 17.1 Å². The van der Waals surface area contributed by atoms with E-state index in [0.717, 1.165) is 4.73 Å². The third kappa shape index (κ3) is 1.34. The number of ether oxygens (including phenoxy) is 1. The van der Waals surface area contributed by atoms with Gasteiger partial charge in [-0.05, 0) is 0 Å². The Labute approximate surface area is 64.8 Å². The standard InChI is InChI=1S/C7H10N2O2/c1-5-3-6(8)7(11-2)4-9(5)10/h3-4H,8H2,1-2H3. The Balaban J connectivity index is 3.21. The minimum absolute atomic E-state index is 0.408. The first-order valence-electron chi connectivity index (χ1n) is 3.18. The van der Waals surface area contributed by atoms with Gasteiger partial charge in [-0.3, -0.25) is 0 Å². The van der Waals surface area contributed by atoms with Crippen molar-refractivity contribution in [3.05, 3.63) is 23.2 Å². The van der Waals surface area contributed by atoms with Crippen LogP contribution < -0.4 is 15.2 Å². The fourth-order valence-electron chi connectivity index (χ4n) is 0.813. The van der Waals surface area contributed by atoms with Gasteiger partial charge < -0.3 is 15.7 Å². The zero-order valence-corrected chi connectivity index (χ0v) is 6.50. The van der Waals surface area contributed by atoms with Gasteiger partial charge in [-0.25, -0.2) is 0 Å². The highest BCUT2D eigenvalue weighted by Gasteiger charge is 2.06. The van der Waals surface area contributed by atoms with E-state index in [1.165, 1.54) is 13.3 Å². The molecule has 0 saturated heterocycles. The number of aryl methyl sites for hydroxylation is 1. The molecule has 60 valence electrons. The predicted molar refractivity (Wildman–Crippen MR) is 41.1 cm³/mol. The predicted octanol–water partition coefficient (Wildman–Crippen LogP) is 0.219. The van der Waals surface area contributed by atoms with Crippen LogP contribution in [0.4, 0.5) is 5.69 Å². The largest absolute Gasteiger partial charge is 0.618 e. The molecule has 0 atom stereocenters. The van der Waals surface area contributed by atoms with Crippen molar-refractivity contribution in [3.63, 3.8) is 0 Å². The summed E-state index contributed by atoms with van der Waals surface area (Å²) in [6.45, 7) is 1.68. The van der Waals surface area contributed by atoms with Crippen LogP contribution >= 0.6 is 0 Å². The third-order valence-electron chi connectivity index (χ3n) is 1.45. The van der Waals surface area contributed by atoms with Crippen molar-refractivity contribution in [1.82, 2.24) is 0 Å². The fourth-order valence-corrected chi connectivity index (χ4v) is 0.813. The summed E-state index contributed by atoms with van der Waals surface area (Å²) in [6, 6.07) is 1.58. The van der Waals surface area contributed by atoms with Gasteiger partial charge in [-0.2, -0.15) is 4.73 Å². The van der Waals surface area contributed by atoms with Crippen molar-refractivity contribution in [2.75, 3.05) is 12.8 Å². The first kappa shape index (κ1) is 7.65. The lowest BCUT2D eigenvalue weighted by molar-refractivity contribution is -0.612. The van der Waals surface area contributed by atoms with Crippen LogP contribution in [0.5, 0.6) is 5.75 Å². The van der Waals surface area contributed by atoms with Gasteiger partial charge >= 0.3 is 0 Å². The van der Waals surface area contributed by atoms with Crippen molar-refractivity contribution >= 4 is 5.69 Å². The van der Waals surface area contributed by atoms with Crippen LogP contribution in [0.25, 0.3) is 0 Å². The van der Waals surface area contributed by atoms with E-state index in [4.69, 9.17) is 10.5 Å². The number of nitrogens with zero attached hydrogens (tertiary/aromatic N) is 1. The molecular formula is C7H10N2O2. The SMILES string of the molecule is COc1c[n+]([O-])c(C)cc1N. The zero-order chi connectivity index (χ0) is 8.43. The topological polar surface area (TPSA) is 62.2 Å². The highest BCUT2D eigenvalue weighted by Crippen LogP contribution is 2.17. The molecular weight excluding hydrogens is 144 g/mol. The number of rotatable bonds is 1. The summed E-state index contributed by atoms with van der Waals surface area (Å²) in [7, 11) is 1.47. The lowest BCUT2D eigenvalue weighted by Crippen LogP contribution is -2.29. The van der Waals surface area contributed by atoms with Gasteiger partial charge in [0.25, 0.3) is 0 Å². The Kier molecular flexibility index (Phi) is 1.85. The van der Waals surface area contributed by atoms with Crippen LogP contribution in [-0.4, -0.2) is 7.11 Å². The van der Waals surface area contributed by atoms with Gasteiger partial charge in [0.05, 0.1) is 12.8 Å². The summed E-state index contributed by atoms with van der Waals surface area (Å²) >= 11 is 0. The van der Waals surface area contributed by atoms with Gasteiger partial charge in [-0.1, -0.05) is 0 Å². The first-order chi connectivity index (χ1) is 5.15. The number of hydrogen-bond donors (Lipinski definition) is 1. The molecule has 0 saturated carbocycles. The normalized spacial score (nSPS) is 9.64. The quantitative estimate of drug-likeness (QED) is 0.465. The maximum Gasteiger partial charge on any atom is 0.224 e. The summed E-state index contributed by atoms with van der Waals surface area (Å²) in [4.78, 5) is 0. The lowest BCUT2D eigenvalue weighted by Gasteiger charge is -2.05. The van der Waals surface area contributed by atoms with Crippen molar-refractivity contribution in [1.29, 1.82) is 0 Å². The number of anilines is 1. The van der Waals surface area contributed by atoms with Crippen LogP contribution in [0.1, 0.15) is 5.69 Å². The highest BCUT2D eigenvalue weighted by atomic mass is 16.5. The Morgan fingerprint density at radius 2 is 2.27 bits per heavy atom. The molecule has 0 unspecified atom stereocenters. The molecule has 0 amide bonds. The second kappa shape index (κ2) is 2.65. The molecule has 0 bridgehead atoms. The molecule has 0 aliphatic heterocycles. The van der Waals surface area contributed by atoms with Gasteiger partial charge in [0.1, 0.15) is 0 Å². The van der Waals surface area contributed by atoms with Gasteiger partial charge in [0.15, 0.2) is 5.69 Å². The van der Waals surface area contributed by atoms with Crippen LogP contribution in [-0.2, 0) is 0 Å². The molecule has 4 nitrogen and oxygen atoms in total. The van der Waals surface area contributed by atoms with Crippen molar-refractivity contribution in [2.45, 2.75) is 6.92 Å². The molecule has 1 aromatic heterocycles. The molecule has 4 heteroatoms. The molecule has 0 aliphatic carbocycles. The monoisotopic (exact) mass is 154 g/mol. The van der Waals surface area contributed by atoms with Gasteiger partial charge in [0, 0.05) is 13.0 Å². The number of nitrogens with two attached hydrogens (primary N) is 1. The smallest absolute Gasteiger partial charge is 0.224 e. The minimum atomic E-state index is 0.408. The van der Waals surface area contributed by atoms with E-state index in [2.05, 4.69) is 0 Å². The molecule has 0 aliphatic rings. The number of pyridine rings is 1. The molecule has 2 N–H and O–H groups in total. The zero-order valence-electron chi connectivity index (χ0n) is 6.50. The number of nitrogen functional groups attached to an aromatic ring is 1.